The van der Waals surface area contributed by atoms with Gasteiger partial charge in [-0.15, -0.1) is 0 Å². The van der Waals surface area contributed by atoms with Crippen LogP contribution in [0.2, 0.25) is 0 Å². The molecule has 0 radical (unpaired) electrons. The largest absolute Gasteiger partial charge is 0.481 e. The molecule has 0 unspecified atom stereocenters. The molecule has 2 heterocycles. The van der Waals surface area contributed by atoms with Gasteiger partial charge < -0.3 is 15.1 Å². The van der Waals surface area contributed by atoms with Gasteiger partial charge in [-0.25, -0.2) is 13.2 Å². The fourth-order valence-corrected chi connectivity index (χ4v) is 5.77. The molecule has 1 amide bonds. The number of likely N-dealkylation sites (tertiary alicyclic amines) is 1. The minimum absolute atomic E-state index is 0.00713. The first kappa shape index (κ1) is 20.3. The van der Waals surface area contributed by atoms with E-state index in [-0.39, 0.29) is 32.5 Å². The fraction of sp³-hybridized carbons (Fsp3) is 0.474. The Balaban J connectivity index is 1.71. The normalized spacial score (nSPS) is 20.4. The van der Waals surface area contributed by atoms with Crippen LogP contribution in [-0.2, 0) is 14.8 Å². The summed E-state index contributed by atoms with van der Waals surface area (Å²) in [6.45, 7) is 0.563. The van der Waals surface area contributed by atoms with Crippen LogP contribution in [0.3, 0.4) is 0 Å². The highest BCUT2D eigenvalue weighted by Crippen LogP contribution is 2.35. The van der Waals surface area contributed by atoms with Crippen LogP contribution in [0, 0.1) is 5.41 Å². The number of piperidine rings is 1. The average molecular weight is 408 g/mol. The highest BCUT2D eigenvalue weighted by molar-refractivity contribution is 7.89. The highest BCUT2D eigenvalue weighted by Gasteiger charge is 2.47. The summed E-state index contributed by atoms with van der Waals surface area (Å²) >= 11 is 0. The second kappa shape index (κ2) is 7.92. The number of nitrogens with zero attached hydrogens (tertiary/aromatic N) is 2. The van der Waals surface area contributed by atoms with Gasteiger partial charge in [0.1, 0.15) is 0 Å². The van der Waals surface area contributed by atoms with Gasteiger partial charge in [0.15, 0.2) is 0 Å². The van der Waals surface area contributed by atoms with E-state index in [1.54, 1.807) is 0 Å². The molecule has 0 bridgehead atoms. The number of sulfonamides is 1. The summed E-state index contributed by atoms with van der Waals surface area (Å²) in [5, 5.41) is 18.8. The molecule has 28 heavy (non-hydrogen) atoms. The molecule has 0 spiro atoms. The Morgan fingerprint density at radius 1 is 1.04 bits per heavy atom. The summed E-state index contributed by atoms with van der Waals surface area (Å²) in [6, 6.07) is 9.74. The highest BCUT2D eigenvalue weighted by atomic mass is 32.2. The Hall–Kier alpha value is -2.39. The lowest BCUT2D eigenvalue weighted by Crippen LogP contribution is -2.51. The SMILES string of the molecule is O=C(O)N1CCC(CS(=O)(=O)N2CC=C(c3ccccc3)CC2)(C(=O)O)CC1. The minimum atomic E-state index is -3.79. The van der Waals surface area contributed by atoms with Crippen LogP contribution in [0.4, 0.5) is 4.79 Å². The third-order valence-electron chi connectivity index (χ3n) is 5.61. The van der Waals surface area contributed by atoms with Gasteiger partial charge in [0.05, 0.1) is 11.2 Å². The van der Waals surface area contributed by atoms with Crippen molar-refractivity contribution in [2.75, 3.05) is 31.9 Å². The van der Waals surface area contributed by atoms with Crippen molar-refractivity contribution in [3.8, 4) is 0 Å². The number of rotatable bonds is 5. The molecule has 1 aromatic carbocycles. The predicted molar refractivity (Wildman–Crippen MR) is 103 cm³/mol. The number of carbonyl (C=O) groups is 2. The van der Waals surface area contributed by atoms with Crippen LogP contribution in [0.5, 0.6) is 0 Å². The van der Waals surface area contributed by atoms with E-state index in [0.717, 1.165) is 16.0 Å². The minimum Gasteiger partial charge on any atom is -0.481 e. The molecule has 1 aromatic rings. The summed E-state index contributed by atoms with van der Waals surface area (Å²) in [5.74, 6) is -1.68. The van der Waals surface area contributed by atoms with Gasteiger partial charge >= 0.3 is 12.1 Å². The maximum Gasteiger partial charge on any atom is 0.407 e. The number of aliphatic carboxylic acids is 1. The summed E-state index contributed by atoms with van der Waals surface area (Å²) < 4.78 is 27.2. The standard InChI is InChI=1S/C19H24N2O6S/c22-17(23)19(8-12-20(13-9-19)18(24)25)14-28(26,27)21-10-6-16(7-11-21)15-4-2-1-3-5-15/h1-6H,7-14H2,(H,22,23)(H,24,25). The molecule has 0 saturated carbocycles. The lowest BCUT2D eigenvalue weighted by molar-refractivity contribution is -0.150. The van der Waals surface area contributed by atoms with Crippen LogP contribution in [0.1, 0.15) is 24.8 Å². The molecular formula is C19H24N2O6S. The maximum absolute atomic E-state index is 12.9. The van der Waals surface area contributed by atoms with E-state index >= 15 is 0 Å². The third kappa shape index (κ3) is 4.20. The van der Waals surface area contributed by atoms with Crippen molar-refractivity contribution in [3.05, 3.63) is 42.0 Å². The predicted octanol–water partition coefficient (Wildman–Crippen LogP) is 1.95. The molecule has 8 nitrogen and oxygen atoms in total. The summed E-state index contributed by atoms with van der Waals surface area (Å²) in [5.41, 5.74) is 0.686. The Kier molecular flexibility index (Phi) is 5.76. The van der Waals surface area contributed by atoms with Crippen molar-refractivity contribution in [1.29, 1.82) is 0 Å². The second-order valence-electron chi connectivity index (χ2n) is 7.31. The fourth-order valence-electron chi connectivity index (χ4n) is 3.80. The van der Waals surface area contributed by atoms with Gasteiger partial charge in [-0.3, -0.25) is 4.79 Å². The zero-order valence-corrected chi connectivity index (χ0v) is 16.3. The van der Waals surface area contributed by atoms with Crippen LogP contribution < -0.4 is 0 Å². The van der Waals surface area contributed by atoms with Crippen LogP contribution in [0.25, 0.3) is 5.57 Å². The molecule has 0 atom stereocenters. The quantitative estimate of drug-likeness (QED) is 0.769. The Labute approximate surface area is 164 Å². The molecule has 2 N–H and O–H groups in total. The average Bonchev–Trinajstić information content (AvgIpc) is 2.69. The smallest absolute Gasteiger partial charge is 0.407 e. The van der Waals surface area contributed by atoms with E-state index in [9.17, 15) is 23.1 Å². The van der Waals surface area contributed by atoms with Crippen molar-refractivity contribution in [1.82, 2.24) is 9.21 Å². The Morgan fingerprint density at radius 2 is 1.68 bits per heavy atom. The summed E-state index contributed by atoms with van der Waals surface area (Å²) in [6.07, 6.45) is 1.31. The lowest BCUT2D eigenvalue weighted by Gasteiger charge is -2.38. The van der Waals surface area contributed by atoms with Gasteiger partial charge in [-0.05, 0) is 30.4 Å². The molecule has 1 saturated heterocycles. The second-order valence-corrected chi connectivity index (χ2v) is 9.28. The van der Waals surface area contributed by atoms with E-state index in [1.807, 2.05) is 36.4 Å². The van der Waals surface area contributed by atoms with E-state index in [4.69, 9.17) is 5.11 Å². The number of carboxylic acid groups (broad SMARTS) is 2. The van der Waals surface area contributed by atoms with Crippen LogP contribution in [0.15, 0.2) is 36.4 Å². The zero-order valence-electron chi connectivity index (χ0n) is 15.5. The topological polar surface area (TPSA) is 115 Å². The van der Waals surface area contributed by atoms with Crippen molar-refractivity contribution < 1.29 is 28.2 Å². The maximum atomic E-state index is 12.9. The molecule has 1 fully saturated rings. The lowest BCUT2D eigenvalue weighted by atomic mass is 9.80. The molecule has 152 valence electrons. The molecule has 2 aliphatic heterocycles. The monoisotopic (exact) mass is 408 g/mol. The van der Waals surface area contributed by atoms with E-state index < -0.39 is 33.3 Å². The molecule has 0 aromatic heterocycles. The van der Waals surface area contributed by atoms with Gasteiger partial charge in [0.2, 0.25) is 10.0 Å². The van der Waals surface area contributed by atoms with Crippen LogP contribution in [-0.4, -0.2) is 71.8 Å². The molecule has 3 rings (SSSR count). The molecule has 2 aliphatic rings. The number of hydrogen-bond donors (Lipinski definition) is 2. The van der Waals surface area contributed by atoms with Gasteiger partial charge in [-0.2, -0.15) is 4.31 Å². The number of benzene rings is 1. The van der Waals surface area contributed by atoms with Gasteiger partial charge in [-0.1, -0.05) is 36.4 Å². The van der Waals surface area contributed by atoms with Crippen molar-refractivity contribution in [2.24, 2.45) is 5.41 Å². The molecular weight excluding hydrogens is 384 g/mol. The van der Waals surface area contributed by atoms with Gasteiger partial charge in [0, 0.05) is 26.2 Å². The third-order valence-corrected chi connectivity index (χ3v) is 7.65. The van der Waals surface area contributed by atoms with E-state index in [0.29, 0.717) is 13.0 Å². The van der Waals surface area contributed by atoms with Crippen molar-refractivity contribution in [2.45, 2.75) is 19.3 Å². The van der Waals surface area contributed by atoms with E-state index in [2.05, 4.69) is 0 Å². The molecule has 0 aliphatic carbocycles. The number of hydrogen-bond acceptors (Lipinski definition) is 4. The first-order chi connectivity index (χ1) is 13.2. The Bertz CT molecular complexity index is 873. The first-order valence-electron chi connectivity index (χ1n) is 9.17. The summed E-state index contributed by atoms with van der Waals surface area (Å²) in [4.78, 5) is 24.1. The summed E-state index contributed by atoms with van der Waals surface area (Å²) in [7, 11) is -3.79. The molecule has 9 heteroatoms. The number of amides is 1. The number of carboxylic acids is 1. The van der Waals surface area contributed by atoms with Gasteiger partial charge in [0.25, 0.3) is 0 Å². The zero-order chi connectivity index (χ0) is 20.4. The van der Waals surface area contributed by atoms with E-state index in [1.165, 1.54) is 4.31 Å². The van der Waals surface area contributed by atoms with Crippen molar-refractivity contribution in [3.63, 3.8) is 0 Å². The Morgan fingerprint density at radius 3 is 2.18 bits per heavy atom. The van der Waals surface area contributed by atoms with Crippen molar-refractivity contribution >= 4 is 27.7 Å². The first-order valence-corrected chi connectivity index (χ1v) is 10.8. The van der Waals surface area contributed by atoms with Crippen LogP contribution >= 0.6 is 0 Å².